The Balaban J connectivity index is 1.49. The molecule has 1 aliphatic heterocycles. The molecule has 0 saturated carbocycles. The molecule has 0 amide bonds. The van der Waals surface area contributed by atoms with E-state index in [1.807, 2.05) is 24.3 Å². The van der Waals surface area contributed by atoms with Crippen LogP contribution in [0.25, 0.3) is 0 Å². The highest BCUT2D eigenvalue weighted by Crippen LogP contribution is 2.43. The lowest BCUT2D eigenvalue weighted by Crippen LogP contribution is -2.43. The van der Waals surface area contributed by atoms with Crippen molar-refractivity contribution in [2.24, 2.45) is 0 Å². The Labute approximate surface area is 234 Å². The quantitative estimate of drug-likeness (QED) is 0.257. The van der Waals surface area contributed by atoms with Crippen molar-refractivity contribution in [3.05, 3.63) is 142 Å². The third kappa shape index (κ3) is 5.08. The first-order valence-electron chi connectivity index (χ1n) is 14.3. The summed E-state index contributed by atoms with van der Waals surface area (Å²) < 4.78 is 17.5. The van der Waals surface area contributed by atoms with E-state index in [2.05, 4.69) is 120 Å². The van der Waals surface area contributed by atoms with Crippen molar-refractivity contribution in [1.29, 1.82) is 0 Å². The number of aryl methyl sites for hydroxylation is 2. The third-order valence-corrected chi connectivity index (χ3v) is 9.14. The van der Waals surface area contributed by atoms with Crippen LogP contribution in [-0.2, 0) is 16.5 Å². The number of halogens is 1. The normalized spacial score (nSPS) is 16.4. The zero-order chi connectivity index (χ0) is 27.8. The van der Waals surface area contributed by atoms with Gasteiger partial charge in [0.05, 0.1) is 0 Å². The predicted octanol–water partition coefficient (Wildman–Crippen LogP) is 8.92. The van der Waals surface area contributed by atoms with Crippen molar-refractivity contribution in [3.8, 4) is 0 Å². The van der Waals surface area contributed by atoms with Crippen LogP contribution in [0.1, 0.15) is 85.0 Å². The summed E-state index contributed by atoms with van der Waals surface area (Å²) in [4.78, 5) is 0. The van der Waals surface area contributed by atoms with Gasteiger partial charge < -0.3 is 5.32 Å². The van der Waals surface area contributed by atoms with Crippen molar-refractivity contribution in [2.45, 2.75) is 76.9 Å². The summed E-state index contributed by atoms with van der Waals surface area (Å²) in [6.45, 7) is 14.0. The monoisotopic (exact) mass is 519 g/mol. The summed E-state index contributed by atoms with van der Waals surface area (Å²) >= 11 is 0. The second-order valence-electron chi connectivity index (χ2n) is 12.5. The summed E-state index contributed by atoms with van der Waals surface area (Å²) in [6.07, 6.45) is 1.82. The van der Waals surface area contributed by atoms with E-state index in [1.54, 1.807) is 0 Å². The summed E-state index contributed by atoms with van der Waals surface area (Å²) in [5.41, 5.74) is 6.91. The summed E-state index contributed by atoms with van der Waals surface area (Å²) in [7, 11) is 0. The molecule has 2 heteroatoms. The van der Waals surface area contributed by atoms with Crippen LogP contribution in [0.15, 0.2) is 97.1 Å². The van der Waals surface area contributed by atoms with E-state index in [-0.39, 0.29) is 16.9 Å². The molecule has 4 aromatic rings. The molecule has 1 nitrogen and oxygen atoms in total. The lowest BCUT2D eigenvalue weighted by atomic mass is 9.74. The molecule has 4 aromatic carbocycles. The van der Waals surface area contributed by atoms with Gasteiger partial charge in [0.15, 0.2) is 5.67 Å². The van der Waals surface area contributed by atoms with Crippen molar-refractivity contribution >= 4 is 0 Å². The average molecular weight is 520 g/mol. The molecule has 5 rings (SSSR count). The van der Waals surface area contributed by atoms with E-state index in [9.17, 15) is 0 Å². The van der Waals surface area contributed by atoms with Crippen LogP contribution in [0.5, 0.6) is 0 Å². The van der Waals surface area contributed by atoms with Gasteiger partial charge >= 0.3 is 0 Å². The maximum atomic E-state index is 17.5. The van der Waals surface area contributed by atoms with Gasteiger partial charge in [0.25, 0.3) is 0 Å². The van der Waals surface area contributed by atoms with Gasteiger partial charge in [0.1, 0.15) is 0 Å². The molecule has 0 spiro atoms. The first-order chi connectivity index (χ1) is 18.5. The molecule has 1 heterocycles. The minimum Gasteiger partial charge on any atom is -0.310 e. The number of nitrogens with one attached hydrogen (secondary N) is 1. The number of hydrogen-bond donors (Lipinski definition) is 1. The first kappa shape index (κ1) is 27.3. The SMILES string of the molecule is Cc1ccc(C(C)(C)c2ccc(C(F)(c3ccc(C(C)(C)c4ccc(C)cc4)cc3)C3CCCN3)cc2)cc1. The number of benzene rings is 4. The zero-order valence-electron chi connectivity index (χ0n) is 24.3. The second kappa shape index (κ2) is 10.4. The van der Waals surface area contributed by atoms with Crippen molar-refractivity contribution < 1.29 is 4.39 Å². The molecule has 0 aliphatic carbocycles. The molecule has 1 saturated heterocycles. The van der Waals surface area contributed by atoms with Crippen molar-refractivity contribution in [3.63, 3.8) is 0 Å². The molecule has 1 unspecified atom stereocenters. The van der Waals surface area contributed by atoms with E-state index in [0.29, 0.717) is 0 Å². The summed E-state index contributed by atoms with van der Waals surface area (Å²) in [5, 5.41) is 3.47. The highest BCUT2D eigenvalue weighted by atomic mass is 19.1. The summed E-state index contributed by atoms with van der Waals surface area (Å²) in [5.74, 6) is 0. The minimum absolute atomic E-state index is 0.167. The molecule has 0 radical (unpaired) electrons. The zero-order valence-corrected chi connectivity index (χ0v) is 24.3. The van der Waals surface area contributed by atoms with Gasteiger partial charge in [-0.15, -0.1) is 0 Å². The Hall–Kier alpha value is -3.23. The van der Waals surface area contributed by atoms with E-state index in [0.717, 1.165) is 30.5 Å². The molecule has 1 aliphatic rings. The molecular formula is C37H42FN. The van der Waals surface area contributed by atoms with E-state index < -0.39 is 5.67 Å². The number of rotatable bonds is 7. The minimum atomic E-state index is -1.60. The maximum Gasteiger partial charge on any atom is 0.176 e. The van der Waals surface area contributed by atoms with Crippen molar-refractivity contribution in [1.82, 2.24) is 5.32 Å². The van der Waals surface area contributed by atoms with Crippen LogP contribution in [0, 0.1) is 13.8 Å². The number of alkyl halides is 1. The Morgan fingerprint density at radius 3 is 1.15 bits per heavy atom. The van der Waals surface area contributed by atoms with Crippen molar-refractivity contribution in [2.75, 3.05) is 6.54 Å². The molecule has 1 N–H and O–H groups in total. The van der Waals surface area contributed by atoms with Crippen LogP contribution in [0.3, 0.4) is 0 Å². The van der Waals surface area contributed by atoms with Gasteiger partial charge in [-0.25, -0.2) is 4.39 Å². The molecule has 39 heavy (non-hydrogen) atoms. The standard InChI is InChI=1S/C37H42FN/c1-26-9-13-28(14-10-26)35(3,4)30-17-21-32(22-18-30)37(38,34-8-7-25-39-34)33-23-19-31(20-24-33)36(5,6)29-15-11-27(2)12-16-29/h9-24,34,39H,7-8,25H2,1-6H3. The van der Waals surface area contributed by atoms with Gasteiger partial charge in [-0.3, -0.25) is 0 Å². The average Bonchev–Trinajstić information content (AvgIpc) is 3.49. The predicted molar refractivity (Wildman–Crippen MR) is 162 cm³/mol. The van der Waals surface area contributed by atoms with Gasteiger partial charge in [-0.1, -0.05) is 136 Å². The van der Waals surface area contributed by atoms with Crippen LogP contribution < -0.4 is 5.32 Å². The van der Waals surface area contributed by atoms with Crippen LogP contribution in [-0.4, -0.2) is 12.6 Å². The van der Waals surface area contributed by atoms with E-state index >= 15 is 4.39 Å². The summed E-state index contributed by atoms with van der Waals surface area (Å²) in [6, 6.07) is 33.7. The fraction of sp³-hybridized carbons (Fsp3) is 0.351. The topological polar surface area (TPSA) is 12.0 Å². The Morgan fingerprint density at radius 2 is 0.846 bits per heavy atom. The Morgan fingerprint density at radius 1 is 0.538 bits per heavy atom. The van der Waals surface area contributed by atoms with E-state index in [4.69, 9.17) is 0 Å². The smallest absolute Gasteiger partial charge is 0.176 e. The van der Waals surface area contributed by atoms with Gasteiger partial charge in [-0.2, -0.15) is 0 Å². The second-order valence-corrected chi connectivity index (χ2v) is 12.5. The van der Waals surface area contributed by atoms with Gasteiger partial charge in [0, 0.05) is 16.9 Å². The lowest BCUT2D eigenvalue weighted by molar-refractivity contribution is 0.163. The fourth-order valence-corrected chi connectivity index (χ4v) is 6.13. The molecule has 0 bridgehead atoms. The van der Waals surface area contributed by atoms with Gasteiger partial charge in [-0.05, 0) is 66.6 Å². The van der Waals surface area contributed by atoms with Crippen LogP contribution >= 0.6 is 0 Å². The lowest BCUT2D eigenvalue weighted by Gasteiger charge is -2.34. The third-order valence-electron chi connectivity index (χ3n) is 9.14. The molecule has 1 atom stereocenters. The highest BCUT2D eigenvalue weighted by Gasteiger charge is 2.44. The van der Waals surface area contributed by atoms with Crippen LogP contribution in [0.4, 0.5) is 4.39 Å². The maximum absolute atomic E-state index is 17.5. The largest absolute Gasteiger partial charge is 0.310 e. The van der Waals surface area contributed by atoms with E-state index in [1.165, 1.54) is 33.4 Å². The fourth-order valence-electron chi connectivity index (χ4n) is 6.13. The van der Waals surface area contributed by atoms with Crippen LogP contribution in [0.2, 0.25) is 0 Å². The Bertz CT molecular complexity index is 1290. The molecule has 202 valence electrons. The molecular weight excluding hydrogens is 477 g/mol. The first-order valence-corrected chi connectivity index (χ1v) is 14.3. The molecule has 1 fully saturated rings. The highest BCUT2D eigenvalue weighted by molar-refractivity contribution is 5.46. The Kier molecular flexibility index (Phi) is 7.29. The number of hydrogen-bond acceptors (Lipinski definition) is 1. The van der Waals surface area contributed by atoms with Gasteiger partial charge in [0.2, 0.25) is 0 Å². The molecule has 0 aromatic heterocycles.